The zero-order valence-electron chi connectivity index (χ0n) is 9.69. The first-order valence-corrected chi connectivity index (χ1v) is 5.42. The molecule has 0 atom stereocenters. The van der Waals surface area contributed by atoms with Crippen LogP contribution in [0.3, 0.4) is 0 Å². The van der Waals surface area contributed by atoms with Gasteiger partial charge in [-0.3, -0.25) is 4.79 Å². The minimum Gasteiger partial charge on any atom is -0.468 e. The summed E-state index contributed by atoms with van der Waals surface area (Å²) in [5, 5.41) is 0. The van der Waals surface area contributed by atoms with Crippen molar-refractivity contribution in [3.8, 4) is 12.3 Å². The SMILES string of the molecule is C#Cc1ccccc1.CCCCCOC=O. The predicted octanol–water partition coefficient (Wildman–Crippen LogP) is 3.02. The van der Waals surface area contributed by atoms with Crippen molar-refractivity contribution in [1.82, 2.24) is 0 Å². The van der Waals surface area contributed by atoms with Crippen molar-refractivity contribution in [2.45, 2.75) is 26.2 Å². The van der Waals surface area contributed by atoms with Crippen molar-refractivity contribution in [2.24, 2.45) is 0 Å². The summed E-state index contributed by atoms with van der Waals surface area (Å²) in [7, 11) is 0. The van der Waals surface area contributed by atoms with E-state index < -0.39 is 0 Å². The molecule has 0 unspecified atom stereocenters. The van der Waals surface area contributed by atoms with Crippen molar-refractivity contribution in [2.75, 3.05) is 6.61 Å². The van der Waals surface area contributed by atoms with Gasteiger partial charge in [0.2, 0.25) is 0 Å². The topological polar surface area (TPSA) is 26.3 Å². The molecule has 16 heavy (non-hydrogen) atoms. The molecule has 1 aromatic rings. The summed E-state index contributed by atoms with van der Waals surface area (Å²) >= 11 is 0. The maximum Gasteiger partial charge on any atom is 0.293 e. The molecule has 0 N–H and O–H groups in total. The van der Waals surface area contributed by atoms with Gasteiger partial charge in [0.1, 0.15) is 0 Å². The van der Waals surface area contributed by atoms with E-state index in [2.05, 4.69) is 17.6 Å². The van der Waals surface area contributed by atoms with Crippen LogP contribution < -0.4 is 0 Å². The maximum atomic E-state index is 9.55. The van der Waals surface area contributed by atoms with E-state index in [9.17, 15) is 4.79 Å². The standard InChI is InChI=1S/C8H6.C6H12O2/c1-2-8-6-4-3-5-7-8;1-2-3-4-5-8-6-7/h1,3-7H;6H,2-5H2,1H3. The molecule has 86 valence electrons. The fourth-order valence-corrected chi connectivity index (χ4v) is 1.02. The summed E-state index contributed by atoms with van der Waals surface area (Å²) in [6.07, 6.45) is 8.41. The molecule has 0 aliphatic carbocycles. The zero-order chi connectivity index (χ0) is 12.1. The zero-order valence-corrected chi connectivity index (χ0v) is 9.69. The van der Waals surface area contributed by atoms with Crippen LogP contribution >= 0.6 is 0 Å². The molecular weight excluding hydrogens is 200 g/mol. The van der Waals surface area contributed by atoms with Gasteiger partial charge >= 0.3 is 0 Å². The third-order valence-electron chi connectivity index (χ3n) is 1.87. The van der Waals surface area contributed by atoms with E-state index in [1.54, 1.807) is 0 Å². The van der Waals surface area contributed by atoms with E-state index in [4.69, 9.17) is 6.42 Å². The van der Waals surface area contributed by atoms with Gasteiger partial charge in [-0.2, -0.15) is 0 Å². The Hall–Kier alpha value is -1.75. The molecule has 0 bridgehead atoms. The third kappa shape index (κ3) is 8.83. The van der Waals surface area contributed by atoms with Gasteiger partial charge in [0, 0.05) is 5.56 Å². The molecule has 0 aliphatic heterocycles. The monoisotopic (exact) mass is 218 g/mol. The van der Waals surface area contributed by atoms with Crippen LogP contribution in [0.2, 0.25) is 0 Å². The number of ether oxygens (including phenoxy) is 1. The number of hydrogen-bond donors (Lipinski definition) is 0. The van der Waals surface area contributed by atoms with E-state index in [1.165, 1.54) is 6.42 Å². The van der Waals surface area contributed by atoms with Crippen LogP contribution in [0.15, 0.2) is 30.3 Å². The second-order valence-electron chi connectivity index (χ2n) is 3.18. The van der Waals surface area contributed by atoms with Crippen LogP contribution in [0, 0.1) is 12.3 Å². The molecule has 0 saturated carbocycles. The molecule has 0 amide bonds. The van der Waals surface area contributed by atoms with Crippen molar-refractivity contribution in [1.29, 1.82) is 0 Å². The van der Waals surface area contributed by atoms with Gasteiger partial charge in [-0.15, -0.1) is 6.42 Å². The van der Waals surface area contributed by atoms with E-state index >= 15 is 0 Å². The van der Waals surface area contributed by atoms with Gasteiger partial charge in [0.05, 0.1) is 6.61 Å². The van der Waals surface area contributed by atoms with Crippen LogP contribution in [0.4, 0.5) is 0 Å². The highest BCUT2D eigenvalue weighted by atomic mass is 16.5. The summed E-state index contributed by atoms with van der Waals surface area (Å²) in [5.74, 6) is 2.53. The van der Waals surface area contributed by atoms with Gasteiger partial charge in [0.25, 0.3) is 6.47 Å². The quantitative estimate of drug-likeness (QED) is 0.431. The Bertz CT molecular complexity index is 298. The average Bonchev–Trinajstić information content (AvgIpc) is 2.36. The lowest BCUT2D eigenvalue weighted by atomic mass is 10.2. The highest BCUT2D eigenvalue weighted by Crippen LogP contribution is 1.93. The smallest absolute Gasteiger partial charge is 0.293 e. The third-order valence-corrected chi connectivity index (χ3v) is 1.87. The molecule has 0 aliphatic rings. The Morgan fingerprint density at radius 2 is 2.00 bits per heavy atom. The predicted molar refractivity (Wildman–Crippen MR) is 65.9 cm³/mol. The molecule has 0 saturated heterocycles. The first kappa shape index (κ1) is 14.2. The maximum absolute atomic E-state index is 9.55. The number of benzene rings is 1. The molecule has 0 aromatic heterocycles. The normalized spacial score (nSPS) is 8.25. The molecule has 2 nitrogen and oxygen atoms in total. The fraction of sp³-hybridized carbons (Fsp3) is 0.357. The summed E-state index contributed by atoms with van der Waals surface area (Å²) in [6.45, 7) is 3.19. The summed E-state index contributed by atoms with van der Waals surface area (Å²) in [5.41, 5.74) is 0.938. The summed E-state index contributed by atoms with van der Waals surface area (Å²) in [4.78, 5) is 9.55. The number of terminal acetylenes is 1. The highest BCUT2D eigenvalue weighted by molar-refractivity contribution is 5.36. The second-order valence-corrected chi connectivity index (χ2v) is 3.18. The fourth-order valence-electron chi connectivity index (χ4n) is 1.02. The van der Waals surface area contributed by atoms with Crippen molar-refractivity contribution >= 4 is 6.47 Å². The molecule has 1 aromatic carbocycles. The molecule has 0 fully saturated rings. The van der Waals surface area contributed by atoms with E-state index in [0.717, 1.165) is 18.4 Å². The Balaban J connectivity index is 0.000000281. The van der Waals surface area contributed by atoms with Gasteiger partial charge in [-0.05, 0) is 18.6 Å². The van der Waals surface area contributed by atoms with Crippen molar-refractivity contribution in [3.05, 3.63) is 35.9 Å². The summed E-state index contributed by atoms with van der Waals surface area (Å²) < 4.78 is 4.46. The van der Waals surface area contributed by atoms with Crippen molar-refractivity contribution < 1.29 is 9.53 Å². The number of carbonyl (C=O) groups excluding carboxylic acids is 1. The van der Waals surface area contributed by atoms with E-state index in [0.29, 0.717) is 13.1 Å². The Morgan fingerprint density at radius 1 is 1.31 bits per heavy atom. The first-order valence-electron chi connectivity index (χ1n) is 5.42. The molecule has 1 rings (SSSR count). The number of hydrogen-bond acceptors (Lipinski definition) is 2. The van der Waals surface area contributed by atoms with Crippen LogP contribution in [-0.4, -0.2) is 13.1 Å². The van der Waals surface area contributed by atoms with Gasteiger partial charge in [-0.25, -0.2) is 0 Å². The minimum absolute atomic E-state index is 0.496. The lowest BCUT2D eigenvalue weighted by Gasteiger charge is -1.93. The van der Waals surface area contributed by atoms with E-state index in [1.807, 2.05) is 30.3 Å². The van der Waals surface area contributed by atoms with E-state index in [-0.39, 0.29) is 0 Å². The van der Waals surface area contributed by atoms with Crippen LogP contribution in [0.25, 0.3) is 0 Å². The molecule has 2 heteroatoms. The van der Waals surface area contributed by atoms with Crippen LogP contribution in [0.1, 0.15) is 31.7 Å². The Morgan fingerprint density at radius 3 is 2.44 bits per heavy atom. The van der Waals surface area contributed by atoms with Crippen LogP contribution in [-0.2, 0) is 9.53 Å². The molecular formula is C14H18O2. The number of unbranched alkanes of at least 4 members (excludes halogenated alkanes) is 2. The molecule has 0 spiro atoms. The lowest BCUT2D eigenvalue weighted by Crippen LogP contribution is -1.89. The molecule has 0 radical (unpaired) electrons. The number of carbonyl (C=O) groups is 1. The molecule has 0 heterocycles. The van der Waals surface area contributed by atoms with Gasteiger partial charge < -0.3 is 4.74 Å². The van der Waals surface area contributed by atoms with Gasteiger partial charge in [0.15, 0.2) is 0 Å². The van der Waals surface area contributed by atoms with Crippen molar-refractivity contribution in [3.63, 3.8) is 0 Å². The Labute approximate surface area is 97.6 Å². The number of rotatable bonds is 5. The Kier molecular flexibility index (Phi) is 10.1. The largest absolute Gasteiger partial charge is 0.468 e. The van der Waals surface area contributed by atoms with Crippen LogP contribution in [0.5, 0.6) is 0 Å². The lowest BCUT2D eigenvalue weighted by molar-refractivity contribution is -0.128. The van der Waals surface area contributed by atoms with Gasteiger partial charge in [-0.1, -0.05) is 43.9 Å². The first-order chi connectivity index (χ1) is 7.85. The minimum atomic E-state index is 0.496. The highest BCUT2D eigenvalue weighted by Gasteiger charge is 1.82. The summed E-state index contributed by atoms with van der Waals surface area (Å²) in [6, 6.07) is 9.60. The second kappa shape index (κ2) is 11.3. The average molecular weight is 218 g/mol.